The Labute approximate surface area is 148 Å². The van der Waals surface area contributed by atoms with Crippen LogP contribution in [0.2, 0.25) is 0 Å². The molecule has 3 N–H and O–H groups in total. The number of nitrogens with zero attached hydrogens (tertiary/aromatic N) is 2. The Morgan fingerprint density at radius 3 is 2.62 bits per heavy atom. The summed E-state index contributed by atoms with van der Waals surface area (Å²) in [5.41, 5.74) is 5.44. The molecule has 0 saturated carbocycles. The molecule has 0 aliphatic carbocycles. The van der Waals surface area contributed by atoms with Gasteiger partial charge in [-0.2, -0.15) is 0 Å². The van der Waals surface area contributed by atoms with E-state index in [4.69, 9.17) is 10.2 Å². The van der Waals surface area contributed by atoms with E-state index in [9.17, 15) is 19.7 Å². The smallest absolute Gasteiger partial charge is 0.292 e. The monoisotopic (exact) mass is 358 g/mol. The zero-order chi connectivity index (χ0) is 18.7. The Morgan fingerprint density at radius 1 is 1.27 bits per heavy atom. The first-order valence-corrected chi connectivity index (χ1v) is 8.13. The van der Waals surface area contributed by atoms with Crippen molar-refractivity contribution in [2.75, 3.05) is 18.8 Å². The summed E-state index contributed by atoms with van der Waals surface area (Å²) in [5.74, 6) is -0.278. The standard InChI is InChI=1S/C17H18N4O5/c18-13-4-3-11(10-14(13)21(24)25)16(22)19-12-5-7-20(8-6-12)17(23)15-2-1-9-26-15/h1-4,9-10,12H,5-8,18H2,(H,19,22). The van der Waals surface area contributed by atoms with E-state index >= 15 is 0 Å². The maximum Gasteiger partial charge on any atom is 0.292 e. The summed E-state index contributed by atoms with van der Waals surface area (Å²) >= 11 is 0. The highest BCUT2D eigenvalue weighted by Gasteiger charge is 2.26. The number of nitro groups is 1. The van der Waals surface area contributed by atoms with Gasteiger partial charge < -0.3 is 20.4 Å². The van der Waals surface area contributed by atoms with Crippen LogP contribution in [0.3, 0.4) is 0 Å². The van der Waals surface area contributed by atoms with Gasteiger partial charge in [0.15, 0.2) is 5.76 Å². The third-order valence-corrected chi connectivity index (χ3v) is 4.34. The van der Waals surface area contributed by atoms with Gasteiger partial charge in [-0.15, -0.1) is 0 Å². The fourth-order valence-electron chi connectivity index (χ4n) is 2.89. The molecule has 26 heavy (non-hydrogen) atoms. The van der Waals surface area contributed by atoms with Crippen molar-refractivity contribution in [1.82, 2.24) is 10.2 Å². The van der Waals surface area contributed by atoms with Crippen LogP contribution in [-0.4, -0.2) is 40.8 Å². The third kappa shape index (κ3) is 3.66. The van der Waals surface area contributed by atoms with Crippen molar-refractivity contribution in [3.8, 4) is 0 Å². The zero-order valence-corrected chi connectivity index (χ0v) is 13.9. The number of likely N-dealkylation sites (tertiary alicyclic amines) is 1. The van der Waals surface area contributed by atoms with E-state index in [2.05, 4.69) is 5.32 Å². The topological polar surface area (TPSA) is 132 Å². The first kappa shape index (κ1) is 17.5. The molecule has 2 amide bonds. The van der Waals surface area contributed by atoms with Gasteiger partial charge in [0, 0.05) is 30.8 Å². The Bertz CT molecular complexity index is 826. The minimum atomic E-state index is -0.620. The van der Waals surface area contributed by atoms with Crippen LogP contribution in [-0.2, 0) is 0 Å². The molecule has 2 heterocycles. The summed E-state index contributed by atoms with van der Waals surface area (Å²) in [5, 5.41) is 13.8. The molecular formula is C17H18N4O5. The summed E-state index contributed by atoms with van der Waals surface area (Å²) in [6.07, 6.45) is 2.64. The largest absolute Gasteiger partial charge is 0.459 e. The fourth-order valence-corrected chi connectivity index (χ4v) is 2.89. The number of rotatable bonds is 4. The molecule has 1 fully saturated rings. The van der Waals surface area contributed by atoms with E-state index in [1.807, 2.05) is 0 Å². The molecule has 1 aliphatic heterocycles. The maximum absolute atomic E-state index is 12.3. The highest BCUT2D eigenvalue weighted by molar-refractivity contribution is 5.96. The predicted molar refractivity (Wildman–Crippen MR) is 92.6 cm³/mol. The lowest BCUT2D eigenvalue weighted by Crippen LogP contribution is -2.46. The second-order valence-corrected chi connectivity index (χ2v) is 6.05. The molecule has 136 valence electrons. The van der Waals surface area contributed by atoms with Gasteiger partial charge in [-0.25, -0.2) is 0 Å². The summed E-state index contributed by atoms with van der Waals surface area (Å²) in [7, 11) is 0. The van der Waals surface area contributed by atoms with Crippen molar-refractivity contribution in [3.05, 3.63) is 58.0 Å². The molecule has 9 heteroatoms. The quantitative estimate of drug-likeness (QED) is 0.487. The molecule has 2 aromatic rings. The molecule has 0 atom stereocenters. The highest BCUT2D eigenvalue weighted by Crippen LogP contribution is 2.22. The van der Waals surface area contributed by atoms with Gasteiger partial charge in [0.05, 0.1) is 11.2 Å². The molecule has 9 nitrogen and oxygen atoms in total. The number of amides is 2. The maximum atomic E-state index is 12.3. The Kier molecular flexibility index (Phi) is 4.87. The first-order chi connectivity index (χ1) is 12.5. The molecule has 3 rings (SSSR count). The summed E-state index contributed by atoms with van der Waals surface area (Å²) in [4.78, 5) is 36.5. The molecule has 0 radical (unpaired) electrons. The lowest BCUT2D eigenvalue weighted by Gasteiger charge is -2.31. The number of nitro benzene ring substituents is 1. The number of benzene rings is 1. The van der Waals surface area contributed by atoms with Gasteiger partial charge in [0.1, 0.15) is 5.69 Å². The number of nitrogen functional groups attached to an aromatic ring is 1. The molecule has 0 unspecified atom stereocenters. The lowest BCUT2D eigenvalue weighted by atomic mass is 10.0. The summed E-state index contributed by atoms with van der Waals surface area (Å²) < 4.78 is 5.11. The van der Waals surface area contributed by atoms with Crippen molar-refractivity contribution < 1.29 is 18.9 Å². The molecule has 0 spiro atoms. The number of piperidine rings is 1. The lowest BCUT2D eigenvalue weighted by molar-refractivity contribution is -0.383. The van der Waals surface area contributed by atoms with Gasteiger partial charge in [0.25, 0.3) is 17.5 Å². The fraction of sp³-hybridized carbons (Fsp3) is 0.294. The van der Waals surface area contributed by atoms with Crippen molar-refractivity contribution in [2.45, 2.75) is 18.9 Å². The highest BCUT2D eigenvalue weighted by atomic mass is 16.6. The summed E-state index contributed by atoms with van der Waals surface area (Å²) in [6.45, 7) is 0.985. The van der Waals surface area contributed by atoms with Crippen molar-refractivity contribution >= 4 is 23.2 Å². The average molecular weight is 358 g/mol. The van der Waals surface area contributed by atoms with Gasteiger partial charge in [-0.05, 0) is 37.1 Å². The number of furan rings is 1. The van der Waals surface area contributed by atoms with E-state index in [-0.39, 0.29) is 28.9 Å². The number of carbonyl (C=O) groups is 2. The number of hydrogen-bond donors (Lipinski definition) is 2. The molecular weight excluding hydrogens is 340 g/mol. The Hall–Kier alpha value is -3.36. The minimum absolute atomic E-state index is 0.0105. The van der Waals surface area contributed by atoms with Crippen LogP contribution in [0.25, 0.3) is 0 Å². The zero-order valence-electron chi connectivity index (χ0n) is 13.9. The minimum Gasteiger partial charge on any atom is -0.459 e. The van der Waals surface area contributed by atoms with E-state index in [0.29, 0.717) is 31.7 Å². The average Bonchev–Trinajstić information content (AvgIpc) is 3.16. The van der Waals surface area contributed by atoms with E-state index in [1.165, 1.54) is 24.5 Å². The molecule has 0 bridgehead atoms. The van der Waals surface area contributed by atoms with Gasteiger partial charge in [0.2, 0.25) is 0 Å². The number of nitrogens with one attached hydrogen (secondary N) is 1. The van der Waals surface area contributed by atoms with Gasteiger partial charge in [-0.1, -0.05) is 0 Å². The number of hydrogen-bond acceptors (Lipinski definition) is 6. The van der Waals surface area contributed by atoms with Crippen LogP contribution in [0.1, 0.15) is 33.8 Å². The van der Waals surface area contributed by atoms with Crippen LogP contribution in [0.15, 0.2) is 41.0 Å². The van der Waals surface area contributed by atoms with Crippen LogP contribution in [0.5, 0.6) is 0 Å². The second-order valence-electron chi connectivity index (χ2n) is 6.05. The third-order valence-electron chi connectivity index (χ3n) is 4.34. The van der Waals surface area contributed by atoms with Crippen molar-refractivity contribution in [2.24, 2.45) is 0 Å². The van der Waals surface area contributed by atoms with E-state index in [1.54, 1.807) is 17.0 Å². The van der Waals surface area contributed by atoms with Crippen LogP contribution < -0.4 is 11.1 Å². The van der Waals surface area contributed by atoms with Crippen LogP contribution >= 0.6 is 0 Å². The van der Waals surface area contributed by atoms with E-state index < -0.39 is 10.8 Å². The first-order valence-electron chi connectivity index (χ1n) is 8.13. The SMILES string of the molecule is Nc1ccc(C(=O)NC2CCN(C(=O)c3ccco3)CC2)cc1[N+](=O)[O-]. The normalized spacial score (nSPS) is 14.8. The van der Waals surface area contributed by atoms with Crippen LogP contribution in [0, 0.1) is 10.1 Å². The second kappa shape index (κ2) is 7.26. The Balaban J connectivity index is 1.58. The Morgan fingerprint density at radius 2 is 2.00 bits per heavy atom. The molecule has 1 saturated heterocycles. The molecule has 1 aromatic carbocycles. The van der Waals surface area contributed by atoms with Gasteiger partial charge >= 0.3 is 0 Å². The van der Waals surface area contributed by atoms with Gasteiger partial charge in [-0.3, -0.25) is 19.7 Å². The predicted octanol–water partition coefficient (Wildman–Crippen LogP) is 1.80. The number of carbonyl (C=O) groups excluding carboxylic acids is 2. The van der Waals surface area contributed by atoms with E-state index in [0.717, 1.165) is 0 Å². The van der Waals surface area contributed by atoms with Crippen LogP contribution in [0.4, 0.5) is 11.4 Å². The van der Waals surface area contributed by atoms with Crippen molar-refractivity contribution in [1.29, 1.82) is 0 Å². The molecule has 1 aromatic heterocycles. The summed E-state index contributed by atoms with van der Waals surface area (Å²) in [6, 6.07) is 7.13. The van der Waals surface area contributed by atoms with Crippen molar-refractivity contribution in [3.63, 3.8) is 0 Å². The molecule has 1 aliphatic rings. The number of nitrogens with two attached hydrogens (primary N) is 1. The number of anilines is 1.